The van der Waals surface area contributed by atoms with Crippen LogP contribution in [0.4, 0.5) is 5.69 Å². The zero-order chi connectivity index (χ0) is 11.7. The Morgan fingerprint density at radius 3 is 2.56 bits per heavy atom. The molecule has 3 nitrogen and oxygen atoms in total. The fourth-order valence-corrected chi connectivity index (χ4v) is 3.06. The van der Waals surface area contributed by atoms with Crippen molar-refractivity contribution in [2.45, 2.75) is 6.42 Å². The van der Waals surface area contributed by atoms with E-state index in [1.54, 1.807) is 17.3 Å². The minimum atomic E-state index is -0.000495. The Morgan fingerprint density at radius 2 is 2.06 bits per heavy atom. The number of pyridine rings is 1. The van der Waals surface area contributed by atoms with Gasteiger partial charge in [-0.3, -0.25) is 9.78 Å². The van der Waals surface area contributed by atoms with E-state index in [2.05, 4.69) is 42.8 Å². The molecule has 0 spiro atoms. The summed E-state index contributed by atoms with van der Waals surface area (Å²) in [6.45, 7) is 0.566. The van der Waals surface area contributed by atoms with Gasteiger partial charge in [-0.1, -0.05) is 0 Å². The molecule has 0 aliphatic carbocycles. The van der Waals surface area contributed by atoms with Crippen molar-refractivity contribution in [1.29, 1.82) is 0 Å². The second-order valence-electron chi connectivity index (χ2n) is 3.52. The molecule has 16 heavy (non-hydrogen) atoms. The third-order valence-electron chi connectivity index (χ3n) is 2.46. The molecule has 0 saturated carbocycles. The monoisotopic (exact) mass is 342 g/mol. The van der Waals surface area contributed by atoms with Gasteiger partial charge in [0.05, 0.1) is 14.6 Å². The maximum atomic E-state index is 11.8. The predicted molar refractivity (Wildman–Crippen MR) is 68.9 cm³/mol. The summed E-state index contributed by atoms with van der Waals surface area (Å²) in [6, 6.07) is 0. The lowest BCUT2D eigenvalue weighted by Gasteiger charge is -2.18. The molecule has 1 amide bonds. The highest BCUT2D eigenvalue weighted by Gasteiger charge is 2.31. The van der Waals surface area contributed by atoms with E-state index in [-0.39, 0.29) is 11.8 Å². The average molecular weight is 344 g/mol. The van der Waals surface area contributed by atoms with E-state index >= 15 is 0 Å². The van der Waals surface area contributed by atoms with Crippen LogP contribution >= 0.6 is 31.9 Å². The molecule has 2 heterocycles. The summed E-state index contributed by atoms with van der Waals surface area (Å²) in [6.07, 6.45) is 9.09. The quantitative estimate of drug-likeness (QED) is 0.734. The van der Waals surface area contributed by atoms with Crippen LogP contribution in [0.5, 0.6) is 0 Å². The van der Waals surface area contributed by atoms with E-state index in [0.29, 0.717) is 13.0 Å². The van der Waals surface area contributed by atoms with Crippen molar-refractivity contribution in [1.82, 2.24) is 4.98 Å². The fraction of sp³-hybridized carbons (Fsp3) is 0.273. The third kappa shape index (κ3) is 2.00. The van der Waals surface area contributed by atoms with Crippen molar-refractivity contribution in [3.05, 3.63) is 21.3 Å². The summed E-state index contributed by atoms with van der Waals surface area (Å²) in [5.74, 6) is 2.68. The van der Waals surface area contributed by atoms with E-state index in [0.717, 1.165) is 14.6 Å². The Bertz CT molecular complexity index is 461. The molecule has 82 valence electrons. The van der Waals surface area contributed by atoms with Gasteiger partial charge in [0.2, 0.25) is 5.91 Å². The molecule has 1 unspecified atom stereocenters. The van der Waals surface area contributed by atoms with Crippen molar-refractivity contribution in [2.75, 3.05) is 11.4 Å². The zero-order valence-electron chi connectivity index (χ0n) is 8.28. The lowest BCUT2D eigenvalue weighted by molar-refractivity contribution is -0.117. The normalized spacial score (nSPS) is 19.9. The second-order valence-corrected chi connectivity index (χ2v) is 5.23. The average Bonchev–Trinajstić information content (AvgIpc) is 2.60. The van der Waals surface area contributed by atoms with E-state index in [9.17, 15) is 4.79 Å². The van der Waals surface area contributed by atoms with Gasteiger partial charge >= 0.3 is 0 Å². The van der Waals surface area contributed by atoms with Crippen molar-refractivity contribution < 1.29 is 4.79 Å². The summed E-state index contributed by atoms with van der Waals surface area (Å²) >= 11 is 6.78. The van der Waals surface area contributed by atoms with E-state index < -0.39 is 0 Å². The maximum Gasteiger partial charge on any atom is 0.228 e. The van der Waals surface area contributed by atoms with Gasteiger partial charge in [0.15, 0.2) is 0 Å². The standard InChI is InChI=1S/C11H8Br2N2O/c1-2-7-3-10(16)15(6-7)11-8(12)4-14-5-9(11)13/h1,4-5,7H,3,6H2. The Kier molecular flexibility index (Phi) is 3.31. The minimum Gasteiger partial charge on any atom is -0.309 e. The van der Waals surface area contributed by atoms with Crippen LogP contribution in [0.2, 0.25) is 0 Å². The number of hydrogen-bond acceptors (Lipinski definition) is 2. The highest BCUT2D eigenvalue weighted by Crippen LogP contribution is 2.36. The summed E-state index contributed by atoms with van der Waals surface area (Å²) in [4.78, 5) is 17.5. The Hall–Kier alpha value is -0.860. The van der Waals surface area contributed by atoms with Crippen LogP contribution < -0.4 is 4.90 Å². The number of nitrogens with zero attached hydrogens (tertiary/aromatic N) is 2. The molecule has 1 aromatic rings. The highest BCUT2D eigenvalue weighted by atomic mass is 79.9. The molecule has 1 fully saturated rings. The second kappa shape index (κ2) is 4.56. The maximum absolute atomic E-state index is 11.8. The Labute approximate surface area is 110 Å². The van der Waals surface area contributed by atoms with Crippen molar-refractivity contribution in [3.8, 4) is 12.3 Å². The number of carbonyl (C=O) groups is 1. The number of aromatic nitrogens is 1. The van der Waals surface area contributed by atoms with Gasteiger partial charge in [-0.05, 0) is 31.9 Å². The van der Waals surface area contributed by atoms with Gasteiger partial charge in [0.25, 0.3) is 0 Å². The summed E-state index contributed by atoms with van der Waals surface area (Å²) in [5.41, 5.74) is 0.803. The Morgan fingerprint density at radius 1 is 1.44 bits per heavy atom. The number of amides is 1. The smallest absolute Gasteiger partial charge is 0.228 e. The van der Waals surface area contributed by atoms with Crippen LogP contribution in [0.1, 0.15) is 6.42 Å². The van der Waals surface area contributed by atoms with E-state index in [1.165, 1.54) is 0 Å². The first-order chi connectivity index (χ1) is 7.63. The number of anilines is 1. The number of terminal acetylenes is 1. The van der Waals surface area contributed by atoms with E-state index in [4.69, 9.17) is 6.42 Å². The number of carbonyl (C=O) groups excluding carboxylic acids is 1. The van der Waals surface area contributed by atoms with Crippen LogP contribution in [-0.2, 0) is 4.79 Å². The first-order valence-electron chi connectivity index (χ1n) is 4.69. The van der Waals surface area contributed by atoms with Gasteiger partial charge < -0.3 is 4.90 Å². The van der Waals surface area contributed by atoms with Crippen molar-refractivity contribution >= 4 is 43.5 Å². The molecule has 1 saturated heterocycles. The third-order valence-corrected chi connectivity index (χ3v) is 3.62. The molecule has 1 aliphatic rings. The number of halogens is 2. The van der Waals surface area contributed by atoms with Gasteiger partial charge in [-0.15, -0.1) is 12.3 Å². The molecule has 5 heteroatoms. The number of rotatable bonds is 1. The van der Waals surface area contributed by atoms with Crippen LogP contribution in [0.25, 0.3) is 0 Å². The first-order valence-corrected chi connectivity index (χ1v) is 6.27. The molecule has 0 aromatic carbocycles. The lowest BCUT2D eigenvalue weighted by Crippen LogP contribution is -2.25. The predicted octanol–water partition coefficient (Wildman–Crippen LogP) is 2.59. The van der Waals surface area contributed by atoms with Gasteiger partial charge in [0.1, 0.15) is 0 Å². The number of hydrogen-bond donors (Lipinski definition) is 0. The van der Waals surface area contributed by atoms with Crippen LogP contribution in [0.3, 0.4) is 0 Å². The van der Waals surface area contributed by atoms with Crippen LogP contribution in [0.15, 0.2) is 21.3 Å². The topological polar surface area (TPSA) is 33.2 Å². The molecular formula is C11H8Br2N2O. The molecule has 0 N–H and O–H groups in total. The molecule has 1 atom stereocenters. The van der Waals surface area contributed by atoms with Gasteiger partial charge in [-0.25, -0.2) is 0 Å². The summed E-state index contributed by atoms with van der Waals surface area (Å²) in [5, 5.41) is 0. The van der Waals surface area contributed by atoms with Crippen molar-refractivity contribution in [3.63, 3.8) is 0 Å². The summed E-state index contributed by atoms with van der Waals surface area (Å²) in [7, 11) is 0. The molecule has 0 radical (unpaired) electrons. The molecule has 2 rings (SSSR count). The first kappa shape index (κ1) is 11.6. The molecule has 1 aliphatic heterocycles. The lowest BCUT2D eigenvalue weighted by atomic mass is 10.1. The molecular weight excluding hydrogens is 336 g/mol. The fourth-order valence-electron chi connectivity index (χ4n) is 1.70. The van der Waals surface area contributed by atoms with Gasteiger partial charge in [-0.2, -0.15) is 0 Å². The van der Waals surface area contributed by atoms with Crippen LogP contribution in [0, 0.1) is 18.3 Å². The summed E-state index contributed by atoms with van der Waals surface area (Å²) < 4.78 is 1.57. The van der Waals surface area contributed by atoms with E-state index in [1.807, 2.05) is 0 Å². The van der Waals surface area contributed by atoms with Crippen LogP contribution in [-0.4, -0.2) is 17.4 Å². The molecule has 0 bridgehead atoms. The largest absolute Gasteiger partial charge is 0.309 e. The highest BCUT2D eigenvalue weighted by molar-refractivity contribution is 9.11. The minimum absolute atomic E-state index is 0.000495. The molecule has 1 aromatic heterocycles. The SMILES string of the molecule is C#CC1CC(=O)N(c2c(Br)cncc2Br)C1. The van der Waals surface area contributed by atoms with Gasteiger partial charge in [0, 0.05) is 31.3 Å². The van der Waals surface area contributed by atoms with Crippen molar-refractivity contribution in [2.24, 2.45) is 5.92 Å². The Balaban J connectivity index is 2.39. The zero-order valence-corrected chi connectivity index (χ0v) is 11.5.